The van der Waals surface area contributed by atoms with Gasteiger partial charge in [-0.15, -0.1) is 0 Å². The molecule has 1 heterocycles. The standard InChI is InChI=1S/C26H21ClN2O4S/c1-17-5-4-7-20(13-17)28-24(30)15-29-25(31)23(34-26(29)32)14-18-9-11-21(12-10-18)33-16-19-6-2-3-8-22(19)27/h2-14H,15-16H2,1H3,(H,28,30)/b23-14+. The average molecular weight is 493 g/mol. The lowest BCUT2D eigenvalue weighted by Crippen LogP contribution is -2.36. The molecule has 3 amide bonds. The van der Waals surface area contributed by atoms with Crippen LogP contribution in [0.5, 0.6) is 5.75 Å². The van der Waals surface area contributed by atoms with E-state index in [9.17, 15) is 14.4 Å². The quantitative estimate of drug-likeness (QED) is 0.415. The van der Waals surface area contributed by atoms with Crippen LogP contribution in [0.25, 0.3) is 6.08 Å². The minimum atomic E-state index is -0.492. The number of imide groups is 1. The average Bonchev–Trinajstić information content (AvgIpc) is 3.07. The minimum absolute atomic E-state index is 0.262. The lowest BCUT2D eigenvalue weighted by molar-refractivity contribution is -0.127. The Bertz CT molecular complexity index is 1270. The number of anilines is 1. The number of hydrogen-bond acceptors (Lipinski definition) is 5. The molecule has 1 saturated heterocycles. The summed E-state index contributed by atoms with van der Waals surface area (Å²) in [6.07, 6.45) is 1.63. The Kier molecular flexibility index (Phi) is 7.35. The van der Waals surface area contributed by atoms with E-state index in [-0.39, 0.29) is 11.4 Å². The fraction of sp³-hybridized carbons (Fsp3) is 0.115. The van der Waals surface area contributed by atoms with Gasteiger partial charge in [-0.05, 0) is 66.2 Å². The van der Waals surface area contributed by atoms with Crippen LogP contribution >= 0.6 is 23.4 Å². The fourth-order valence-corrected chi connectivity index (χ4v) is 4.32. The number of thioether (sulfide) groups is 1. The summed E-state index contributed by atoms with van der Waals surface area (Å²) in [6, 6.07) is 21.9. The van der Waals surface area contributed by atoms with Gasteiger partial charge in [0.15, 0.2) is 0 Å². The van der Waals surface area contributed by atoms with Crippen LogP contribution in [0.4, 0.5) is 10.5 Å². The summed E-state index contributed by atoms with van der Waals surface area (Å²) in [5.74, 6) is -0.277. The molecule has 0 atom stereocenters. The third-order valence-electron chi connectivity index (χ3n) is 5.01. The number of nitrogens with one attached hydrogen (secondary N) is 1. The number of ether oxygens (including phenoxy) is 1. The van der Waals surface area contributed by atoms with Crippen molar-refractivity contribution in [2.45, 2.75) is 13.5 Å². The van der Waals surface area contributed by atoms with E-state index < -0.39 is 17.1 Å². The zero-order chi connectivity index (χ0) is 24.1. The maximum Gasteiger partial charge on any atom is 0.294 e. The van der Waals surface area contributed by atoms with Crippen molar-refractivity contribution in [3.63, 3.8) is 0 Å². The number of nitrogens with zero attached hydrogens (tertiary/aromatic N) is 1. The second-order valence-corrected chi connectivity index (χ2v) is 9.04. The maximum absolute atomic E-state index is 12.7. The molecular weight excluding hydrogens is 472 g/mol. The van der Waals surface area contributed by atoms with Gasteiger partial charge in [0, 0.05) is 16.3 Å². The Morgan fingerprint density at radius 3 is 2.56 bits per heavy atom. The van der Waals surface area contributed by atoms with Gasteiger partial charge in [-0.25, -0.2) is 0 Å². The first-order valence-electron chi connectivity index (χ1n) is 10.5. The number of amides is 3. The molecule has 1 aliphatic heterocycles. The van der Waals surface area contributed by atoms with Crippen LogP contribution < -0.4 is 10.1 Å². The highest BCUT2D eigenvalue weighted by Gasteiger charge is 2.36. The van der Waals surface area contributed by atoms with E-state index in [1.807, 2.05) is 49.4 Å². The number of rotatable bonds is 7. The molecule has 3 aromatic rings. The molecule has 4 rings (SSSR count). The molecule has 1 fully saturated rings. The van der Waals surface area contributed by atoms with Crippen molar-refractivity contribution < 1.29 is 19.1 Å². The van der Waals surface area contributed by atoms with E-state index in [0.717, 1.165) is 33.4 Å². The lowest BCUT2D eigenvalue weighted by Gasteiger charge is -2.12. The summed E-state index contributed by atoms with van der Waals surface area (Å²) in [6.45, 7) is 1.90. The Labute approximate surface area is 206 Å². The highest BCUT2D eigenvalue weighted by atomic mass is 35.5. The summed E-state index contributed by atoms with van der Waals surface area (Å²) in [5.41, 5.74) is 3.23. The van der Waals surface area contributed by atoms with E-state index in [1.165, 1.54) is 0 Å². The van der Waals surface area contributed by atoms with Crippen LogP contribution in [-0.2, 0) is 16.2 Å². The second kappa shape index (κ2) is 10.6. The Hall–Kier alpha value is -3.55. The maximum atomic E-state index is 12.7. The molecule has 6 nitrogen and oxygen atoms in total. The summed E-state index contributed by atoms with van der Waals surface area (Å²) in [7, 11) is 0. The van der Waals surface area contributed by atoms with E-state index in [2.05, 4.69) is 5.32 Å². The number of carbonyl (C=O) groups is 3. The van der Waals surface area contributed by atoms with Gasteiger partial charge in [-0.3, -0.25) is 19.3 Å². The van der Waals surface area contributed by atoms with E-state index >= 15 is 0 Å². The second-order valence-electron chi connectivity index (χ2n) is 7.63. The van der Waals surface area contributed by atoms with Gasteiger partial charge in [-0.1, -0.05) is 54.1 Å². The minimum Gasteiger partial charge on any atom is -0.489 e. The highest BCUT2D eigenvalue weighted by molar-refractivity contribution is 8.18. The van der Waals surface area contributed by atoms with Crippen LogP contribution in [-0.4, -0.2) is 28.5 Å². The summed E-state index contributed by atoms with van der Waals surface area (Å²) in [4.78, 5) is 38.6. The molecule has 1 aliphatic rings. The van der Waals surface area contributed by atoms with Crippen molar-refractivity contribution in [2.24, 2.45) is 0 Å². The predicted octanol–water partition coefficient (Wildman–Crippen LogP) is 5.90. The monoisotopic (exact) mass is 492 g/mol. The number of hydrogen-bond donors (Lipinski definition) is 1. The van der Waals surface area contributed by atoms with Crippen LogP contribution in [0.1, 0.15) is 16.7 Å². The summed E-state index contributed by atoms with van der Waals surface area (Å²) in [5, 5.41) is 2.88. The molecule has 0 aliphatic carbocycles. The number of benzene rings is 3. The molecule has 8 heteroatoms. The Morgan fingerprint density at radius 2 is 1.82 bits per heavy atom. The van der Waals surface area contributed by atoms with Crippen molar-refractivity contribution in [2.75, 3.05) is 11.9 Å². The van der Waals surface area contributed by atoms with E-state index in [1.54, 1.807) is 36.4 Å². The van der Waals surface area contributed by atoms with E-state index in [0.29, 0.717) is 23.1 Å². The SMILES string of the molecule is Cc1cccc(NC(=O)CN2C(=O)S/C(=C/c3ccc(OCc4ccccc4Cl)cc3)C2=O)c1. The molecule has 0 aromatic heterocycles. The molecular formula is C26H21ClN2O4S. The van der Waals surface area contributed by atoms with Crippen LogP contribution in [0.3, 0.4) is 0 Å². The molecule has 34 heavy (non-hydrogen) atoms. The fourth-order valence-electron chi connectivity index (χ4n) is 3.29. The number of aryl methyl sites for hydroxylation is 1. The van der Waals surface area contributed by atoms with Crippen molar-refractivity contribution in [3.05, 3.63) is 99.4 Å². The van der Waals surface area contributed by atoms with Crippen molar-refractivity contribution in [3.8, 4) is 5.75 Å². The number of carbonyl (C=O) groups excluding carboxylic acids is 3. The molecule has 0 spiro atoms. The Morgan fingerprint density at radius 1 is 1.06 bits per heavy atom. The van der Waals surface area contributed by atoms with Crippen LogP contribution in [0.15, 0.2) is 77.7 Å². The predicted molar refractivity (Wildman–Crippen MR) is 135 cm³/mol. The molecule has 1 N–H and O–H groups in total. The summed E-state index contributed by atoms with van der Waals surface area (Å²) >= 11 is 6.96. The normalized spacial score (nSPS) is 14.5. The van der Waals surface area contributed by atoms with Crippen LogP contribution in [0.2, 0.25) is 5.02 Å². The van der Waals surface area contributed by atoms with Gasteiger partial charge in [0.1, 0.15) is 18.9 Å². The zero-order valence-electron chi connectivity index (χ0n) is 18.3. The first-order chi connectivity index (χ1) is 16.4. The summed E-state index contributed by atoms with van der Waals surface area (Å²) < 4.78 is 5.77. The smallest absolute Gasteiger partial charge is 0.294 e. The Balaban J connectivity index is 1.36. The van der Waals surface area contributed by atoms with Gasteiger partial charge >= 0.3 is 0 Å². The highest BCUT2D eigenvalue weighted by Crippen LogP contribution is 2.32. The third-order valence-corrected chi connectivity index (χ3v) is 6.28. The van der Waals surface area contributed by atoms with Gasteiger partial charge in [0.2, 0.25) is 5.91 Å². The third kappa shape index (κ3) is 5.87. The first-order valence-corrected chi connectivity index (χ1v) is 11.7. The van der Waals surface area contributed by atoms with Crippen molar-refractivity contribution in [1.29, 1.82) is 0 Å². The molecule has 3 aromatic carbocycles. The van der Waals surface area contributed by atoms with E-state index in [4.69, 9.17) is 16.3 Å². The zero-order valence-corrected chi connectivity index (χ0v) is 19.9. The largest absolute Gasteiger partial charge is 0.489 e. The number of halogens is 1. The topological polar surface area (TPSA) is 75.7 Å². The molecule has 0 unspecified atom stereocenters. The lowest BCUT2D eigenvalue weighted by atomic mass is 10.2. The van der Waals surface area contributed by atoms with Crippen LogP contribution in [0, 0.1) is 6.92 Å². The van der Waals surface area contributed by atoms with Crippen molar-refractivity contribution in [1.82, 2.24) is 4.90 Å². The van der Waals surface area contributed by atoms with Gasteiger partial charge in [0.05, 0.1) is 4.91 Å². The first kappa shape index (κ1) is 23.6. The van der Waals surface area contributed by atoms with Crippen molar-refractivity contribution >= 4 is 52.2 Å². The van der Waals surface area contributed by atoms with Gasteiger partial charge in [-0.2, -0.15) is 0 Å². The molecule has 0 bridgehead atoms. The molecule has 0 saturated carbocycles. The van der Waals surface area contributed by atoms with Gasteiger partial charge < -0.3 is 10.1 Å². The molecule has 172 valence electrons. The van der Waals surface area contributed by atoms with Gasteiger partial charge in [0.25, 0.3) is 11.1 Å². The molecule has 0 radical (unpaired) electrons.